The van der Waals surface area contributed by atoms with E-state index < -0.39 is 23.4 Å². The zero-order chi connectivity index (χ0) is 23.0. The summed E-state index contributed by atoms with van der Waals surface area (Å²) >= 11 is 0. The van der Waals surface area contributed by atoms with E-state index in [0.29, 0.717) is 6.42 Å². The topological polar surface area (TPSA) is 80.7 Å². The Hall–Kier alpha value is -2.50. The molecular formula is C25H27O5PS. The van der Waals surface area contributed by atoms with Crippen LogP contribution in [0.25, 0.3) is 0 Å². The lowest BCUT2D eigenvalue weighted by Crippen LogP contribution is -2.18. The van der Waals surface area contributed by atoms with Crippen LogP contribution < -0.4 is 10.6 Å². The molecule has 0 spiro atoms. The molecule has 0 heterocycles. The first kappa shape index (κ1) is 24.1. The van der Waals surface area contributed by atoms with Crippen molar-refractivity contribution in [3.05, 3.63) is 102 Å². The summed E-state index contributed by atoms with van der Waals surface area (Å²) in [6, 6.07) is 24.9. The summed E-state index contributed by atoms with van der Waals surface area (Å²) in [7, 11) is -6.88. The maximum atomic E-state index is 13.8. The highest BCUT2D eigenvalue weighted by Gasteiger charge is 2.23. The SMILES string of the molecule is Cc1ccc(S(=O)(=O)OCC(O)CC/C=C/P(=O)(c2ccccc2)c2ccccc2)cc1. The van der Waals surface area contributed by atoms with Crippen LogP contribution in [-0.4, -0.2) is 26.2 Å². The molecule has 5 nitrogen and oxygen atoms in total. The Morgan fingerprint density at radius 2 is 1.44 bits per heavy atom. The van der Waals surface area contributed by atoms with Crippen LogP contribution in [0.4, 0.5) is 0 Å². The zero-order valence-corrected chi connectivity index (χ0v) is 19.6. The third-order valence-electron chi connectivity index (χ3n) is 4.99. The predicted octanol–water partition coefficient (Wildman–Crippen LogP) is 4.37. The molecule has 3 aromatic carbocycles. The average molecular weight is 471 g/mol. The second-order valence-corrected chi connectivity index (χ2v) is 11.8. The summed E-state index contributed by atoms with van der Waals surface area (Å²) in [6.45, 7) is 1.53. The van der Waals surface area contributed by atoms with E-state index in [9.17, 15) is 18.1 Å². The molecule has 0 amide bonds. The minimum absolute atomic E-state index is 0.0573. The highest BCUT2D eigenvalue weighted by atomic mass is 32.2. The molecular weight excluding hydrogens is 443 g/mol. The van der Waals surface area contributed by atoms with Crippen molar-refractivity contribution in [3.8, 4) is 0 Å². The molecule has 1 N–H and O–H groups in total. The molecule has 7 heteroatoms. The molecule has 0 aromatic heterocycles. The number of allylic oxidation sites excluding steroid dienone is 1. The summed E-state index contributed by atoms with van der Waals surface area (Å²) in [5.41, 5.74) is 0.944. The first-order chi connectivity index (χ1) is 15.3. The number of aliphatic hydroxyl groups excluding tert-OH is 1. The summed E-state index contributed by atoms with van der Waals surface area (Å²) < 4.78 is 43.3. The third-order valence-corrected chi connectivity index (χ3v) is 9.04. The van der Waals surface area contributed by atoms with Crippen molar-refractivity contribution >= 4 is 27.9 Å². The normalized spacial score (nSPS) is 13.3. The quantitative estimate of drug-likeness (QED) is 0.352. The summed E-state index contributed by atoms with van der Waals surface area (Å²) in [5.74, 6) is 1.70. The van der Waals surface area contributed by atoms with Crippen LogP contribution in [0.2, 0.25) is 0 Å². The van der Waals surface area contributed by atoms with Crippen LogP contribution in [0, 0.1) is 6.92 Å². The summed E-state index contributed by atoms with van der Waals surface area (Å²) in [6.07, 6.45) is 1.52. The number of aryl methyl sites for hydroxylation is 1. The number of aliphatic hydroxyl groups is 1. The van der Waals surface area contributed by atoms with Gasteiger partial charge in [-0.25, -0.2) is 0 Å². The van der Waals surface area contributed by atoms with E-state index in [1.165, 1.54) is 12.1 Å². The zero-order valence-electron chi connectivity index (χ0n) is 17.9. The van der Waals surface area contributed by atoms with Gasteiger partial charge in [0.25, 0.3) is 10.1 Å². The van der Waals surface area contributed by atoms with E-state index in [0.717, 1.165) is 16.2 Å². The van der Waals surface area contributed by atoms with Gasteiger partial charge < -0.3 is 9.67 Å². The van der Waals surface area contributed by atoms with Gasteiger partial charge >= 0.3 is 0 Å². The Labute approximate surface area is 189 Å². The lowest BCUT2D eigenvalue weighted by molar-refractivity contribution is 0.104. The fourth-order valence-corrected chi connectivity index (χ4v) is 6.42. The van der Waals surface area contributed by atoms with Crippen molar-refractivity contribution in [2.75, 3.05) is 6.61 Å². The Kier molecular flexibility index (Phi) is 8.21. The van der Waals surface area contributed by atoms with E-state index in [4.69, 9.17) is 4.18 Å². The number of rotatable bonds is 10. The largest absolute Gasteiger partial charge is 0.391 e. The molecule has 3 rings (SSSR count). The van der Waals surface area contributed by atoms with Gasteiger partial charge in [-0.05, 0) is 37.7 Å². The van der Waals surface area contributed by atoms with Gasteiger partial charge in [-0.3, -0.25) is 4.18 Å². The van der Waals surface area contributed by atoms with Crippen LogP contribution >= 0.6 is 7.14 Å². The molecule has 0 saturated heterocycles. The van der Waals surface area contributed by atoms with E-state index in [1.807, 2.05) is 67.6 Å². The summed E-state index contributed by atoms with van der Waals surface area (Å²) in [4.78, 5) is 0.0573. The fourth-order valence-electron chi connectivity index (χ4n) is 3.16. The Morgan fingerprint density at radius 3 is 1.97 bits per heavy atom. The van der Waals surface area contributed by atoms with Crippen LogP contribution in [-0.2, 0) is 18.9 Å². The Bertz CT molecular complexity index is 1130. The highest BCUT2D eigenvalue weighted by molar-refractivity contribution is 7.86. The van der Waals surface area contributed by atoms with Crippen LogP contribution in [0.3, 0.4) is 0 Å². The van der Waals surface area contributed by atoms with Crippen molar-refractivity contribution in [2.24, 2.45) is 0 Å². The van der Waals surface area contributed by atoms with Crippen LogP contribution in [0.1, 0.15) is 18.4 Å². The van der Waals surface area contributed by atoms with Crippen LogP contribution in [0.5, 0.6) is 0 Å². The fraction of sp³-hybridized carbons (Fsp3) is 0.200. The van der Waals surface area contributed by atoms with E-state index in [2.05, 4.69) is 0 Å². The van der Waals surface area contributed by atoms with Crippen molar-refractivity contribution in [1.82, 2.24) is 0 Å². The van der Waals surface area contributed by atoms with Gasteiger partial charge in [0.15, 0.2) is 7.14 Å². The van der Waals surface area contributed by atoms with E-state index in [1.54, 1.807) is 24.0 Å². The first-order valence-corrected chi connectivity index (χ1v) is 13.5. The Balaban J connectivity index is 1.60. The molecule has 0 radical (unpaired) electrons. The van der Waals surface area contributed by atoms with Gasteiger partial charge in [0.2, 0.25) is 0 Å². The van der Waals surface area contributed by atoms with E-state index in [-0.39, 0.29) is 17.9 Å². The molecule has 3 aromatic rings. The maximum absolute atomic E-state index is 13.8. The molecule has 0 aliphatic rings. The smallest absolute Gasteiger partial charge is 0.297 e. The first-order valence-electron chi connectivity index (χ1n) is 10.3. The lowest BCUT2D eigenvalue weighted by Gasteiger charge is -2.15. The predicted molar refractivity (Wildman–Crippen MR) is 128 cm³/mol. The highest BCUT2D eigenvalue weighted by Crippen LogP contribution is 2.45. The van der Waals surface area contributed by atoms with Gasteiger partial charge in [0, 0.05) is 10.6 Å². The molecule has 1 atom stereocenters. The minimum atomic E-state index is -3.92. The number of benzene rings is 3. The van der Waals surface area contributed by atoms with Crippen LogP contribution in [0.15, 0.2) is 102 Å². The van der Waals surface area contributed by atoms with Crippen molar-refractivity contribution in [1.29, 1.82) is 0 Å². The average Bonchev–Trinajstić information content (AvgIpc) is 2.82. The molecule has 0 saturated carbocycles. The molecule has 0 aliphatic carbocycles. The van der Waals surface area contributed by atoms with Gasteiger partial charge in [0.05, 0.1) is 17.6 Å². The van der Waals surface area contributed by atoms with Crippen molar-refractivity contribution in [3.63, 3.8) is 0 Å². The number of hydrogen-bond donors (Lipinski definition) is 1. The molecule has 0 fully saturated rings. The van der Waals surface area contributed by atoms with Gasteiger partial charge in [0.1, 0.15) is 0 Å². The minimum Gasteiger partial charge on any atom is -0.391 e. The van der Waals surface area contributed by atoms with Crippen molar-refractivity contribution in [2.45, 2.75) is 30.8 Å². The van der Waals surface area contributed by atoms with Gasteiger partial charge in [-0.2, -0.15) is 8.42 Å². The molecule has 1 unspecified atom stereocenters. The maximum Gasteiger partial charge on any atom is 0.297 e. The van der Waals surface area contributed by atoms with Gasteiger partial charge in [-0.15, -0.1) is 0 Å². The monoisotopic (exact) mass is 470 g/mol. The van der Waals surface area contributed by atoms with Gasteiger partial charge in [-0.1, -0.05) is 84.4 Å². The van der Waals surface area contributed by atoms with E-state index >= 15 is 0 Å². The second-order valence-electron chi connectivity index (χ2n) is 7.50. The lowest BCUT2D eigenvalue weighted by atomic mass is 10.2. The Morgan fingerprint density at radius 1 is 0.906 bits per heavy atom. The second kappa shape index (κ2) is 10.9. The molecule has 0 bridgehead atoms. The number of hydrogen-bond acceptors (Lipinski definition) is 5. The van der Waals surface area contributed by atoms with Crippen molar-refractivity contribution < 1.29 is 22.3 Å². The molecule has 32 heavy (non-hydrogen) atoms. The molecule has 168 valence electrons. The third kappa shape index (κ3) is 6.27. The summed E-state index contributed by atoms with van der Waals surface area (Å²) in [5, 5.41) is 11.6. The standard InChI is InChI=1S/C25H27O5PS/c1-21-15-17-25(18-16-21)32(28,29)30-20-22(26)10-8-9-19-31(27,23-11-4-2-5-12-23)24-13-6-3-7-14-24/h2-7,9,11-19,22,26H,8,10,20H2,1H3/b19-9+. The molecule has 0 aliphatic heterocycles.